The number of Topliss-reactive ketones (excluding diaryl/α,β-unsaturated/α-hetero) is 1. The first-order valence-corrected chi connectivity index (χ1v) is 5.17. The van der Waals surface area contributed by atoms with E-state index in [0.29, 0.717) is 18.7 Å². The van der Waals surface area contributed by atoms with Gasteiger partial charge in [0.05, 0.1) is 6.07 Å². The van der Waals surface area contributed by atoms with Crippen molar-refractivity contribution >= 4 is 5.78 Å². The number of aromatic nitrogens is 2. The van der Waals surface area contributed by atoms with Crippen LogP contribution in [0.3, 0.4) is 0 Å². The maximum absolute atomic E-state index is 12.0. The van der Waals surface area contributed by atoms with Gasteiger partial charge in [-0.05, 0) is 19.4 Å². The Bertz CT molecular complexity index is 375. The second-order valence-corrected chi connectivity index (χ2v) is 3.36. The molecule has 0 saturated carbocycles. The Morgan fingerprint density at radius 1 is 1.67 bits per heavy atom. The van der Waals surface area contributed by atoms with Crippen molar-refractivity contribution < 1.29 is 4.79 Å². The molecule has 1 aromatic heterocycles. The Hall–Kier alpha value is -1.63. The highest BCUT2D eigenvalue weighted by molar-refractivity contribution is 5.96. The molecule has 0 saturated heterocycles. The number of aryl methyl sites for hydroxylation is 1. The molecule has 1 aromatic rings. The van der Waals surface area contributed by atoms with E-state index in [1.165, 1.54) is 0 Å². The van der Waals surface area contributed by atoms with Crippen LogP contribution in [0.5, 0.6) is 0 Å². The number of rotatable bonds is 5. The first-order chi connectivity index (χ1) is 7.24. The van der Waals surface area contributed by atoms with Gasteiger partial charge in [-0.1, -0.05) is 6.92 Å². The molecule has 0 aliphatic heterocycles. The summed E-state index contributed by atoms with van der Waals surface area (Å²) in [6.45, 7) is 4.54. The molecular weight excluding hydrogens is 190 g/mol. The van der Waals surface area contributed by atoms with Crippen molar-refractivity contribution in [3.05, 3.63) is 18.0 Å². The minimum Gasteiger partial charge on any atom is -0.292 e. The summed E-state index contributed by atoms with van der Waals surface area (Å²) in [5.41, 5.74) is 0.611. The van der Waals surface area contributed by atoms with Gasteiger partial charge >= 0.3 is 0 Å². The zero-order valence-electron chi connectivity index (χ0n) is 9.10. The molecule has 0 radical (unpaired) electrons. The third kappa shape index (κ3) is 2.44. The van der Waals surface area contributed by atoms with E-state index in [1.54, 1.807) is 16.9 Å². The van der Waals surface area contributed by atoms with Gasteiger partial charge in [0.15, 0.2) is 5.78 Å². The summed E-state index contributed by atoms with van der Waals surface area (Å²) in [7, 11) is 0. The fraction of sp³-hybridized carbons (Fsp3) is 0.545. The van der Waals surface area contributed by atoms with E-state index in [9.17, 15) is 4.79 Å². The highest BCUT2D eigenvalue weighted by atomic mass is 16.1. The van der Waals surface area contributed by atoms with E-state index < -0.39 is 0 Å². The van der Waals surface area contributed by atoms with Gasteiger partial charge < -0.3 is 0 Å². The molecular formula is C11H15N3O. The van der Waals surface area contributed by atoms with Gasteiger partial charge in [-0.25, -0.2) is 0 Å². The smallest absolute Gasteiger partial charge is 0.184 e. The van der Waals surface area contributed by atoms with Crippen LogP contribution < -0.4 is 0 Å². The van der Waals surface area contributed by atoms with E-state index in [-0.39, 0.29) is 18.1 Å². The molecule has 0 aliphatic rings. The summed E-state index contributed by atoms with van der Waals surface area (Å²) in [6.07, 6.45) is 2.60. The first-order valence-electron chi connectivity index (χ1n) is 5.17. The van der Waals surface area contributed by atoms with Crippen LogP contribution in [-0.2, 0) is 6.54 Å². The molecule has 4 heteroatoms. The standard InChI is InChI=1S/C11H15N3O/c1-3-9(5-7-12)11(15)10-6-8-13-14(10)4-2/h6,8-9H,3-5H2,1-2H3. The quantitative estimate of drug-likeness (QED) is 0.691. The van der Waals surface area contributed by atoms with Gasteiger partial charge in [0.25, 0.3) is 0 Å². The second kappa shape index (κ2) is 5.30. The molecule has 15 heavy (non-hydrogen) atoms. The molecule has 1 rings (SSSR count). The van der Waals surface area contributed by atoms with Crippen LogP contribution in [0.2, 0.25) is 0 Å². The lowest BCUT2D eigenvalue weighted by Crippen LogP contribution is -2.18. The average molecular weight is 205 g/mol. The molecule has 0 bridgehead atoms. The maximum atomic E-state index is 12.0. The third-order valence-electron chi connectivity index (χ3n) is 2.47. The number of nitriles is 1. The second-order valence-electron chi connectivity index (χ2n) is 3.36. The molecule has 0 spiro atoms. The predicted molar refractivity (Wildman–Crippen MR) is 56.2 cm³/mol. The lowest BCUT2D eigenvalue weighted by molar-refractivity contribution is 0.0907. The minimum absolute atomic E-state index is 0.0263. The fourth-order valence-corrected chi connectivity index (χ4v) is 1.54. The van der Waals surface area contributed by atoms with E-state index in [1.807, 2.05) is 19.9 Å². The zero-order valence-corrected chi connectivity index (χ0v) is 9.10. The Morgan fingerprint density at radius 3 is 2.93 bits per heavy atom. The van der Waals surface area contributed by atoms with Gasteiger partial charge in [0.1, 0.15) is 5.69 Å². The van der Waals surface area contributed by atoms with Crippen LogP contribution in [0.25, 0.3) is 0 Å². The zero-order chi connectivity index (χ0) is 11.3. The first kappa shape index (κ1) is 11.4. The summed E-state index contributed by atoms with van der Waals surface area (Å²) >= 11 is 0. The SMILES string of the molecule is CCC(CC#N)C(=O)c1ccnn1CC. The summed E-state index contributed by atoms with van der Waals surface area (Å²) in [5.74, 6) is -0.171. The lowest BCUT2D eigenvalue weighted by Gasteiger charge is -2.10. The van der Waals surface area contributed by atoms with Crippen molar-refractivity contribution in [2.75, 3.05) is 0 Å². The molecule has 0 aliphatic carbocycles. The van der Waals surface area contributed by atoms with E-state index >= 15 is 0 Å². The van der Waals surface area contributed by atoms with Gasteiger partial charge in [-0.3, -0.25) is 9.48 Å². The summed E-state index contributed by atoms with van der Waals surface area (Å²) in [6, 6.07) is 3.76. The van der Waals surface area contributed by atoms with Crippen LogP contribution in [0, 0.1) is 17.2 Å². The molecule has 0 N–H and O–H groups in total. The molecule has 0 fully saturated rings. The average Bonchev–Trinajstić information content (AvgIpc) is 2.72. The normalized spacial score (nSPS) is 12.1. The van der Waals surface area contributed by atoms with Crippen LogP contribution in [0.15, 0.2) is 12.3 Å². The number of carbonyl (C=O) groups excluding carboxylic acids is 1. The summed E-state index contributed by atoms with van der Waals surface area (Å²) in [5, 5.41) is 12.7. The minimum atomic E-state index is -0.197. The van der Waals surface area contributed by atoms with Crippen LogP contribution >= 0.6 is 0 Å². The van der Waals surface area contributed by atoms with Gasteiger partial charge in [0.2, 0.25) is 0 Å². The molecule has 0 aromatic carbocycles. The lowest BCUT2D eigenvalue weighted by atomic mass is 9.96. The van der Waals surface area contributed by atoms with E-state index in [0.717, 1.165) is 0 Å². The Labute approximate surface area is 89.5 Å². The van der Waals surface area contributed by atoms with Gasteiger partial charge in [-0.2, -0.15) is 10.4 Å². The van der Waals surface area contributed by atoms with Gasteiger partial charge in [0, 0.05) is 25.1 Å². The summed E-state index contributed by atoms with van der Waals surface area (Å²) in [4.78, 5) is 12.0. The highest BCUT2D eigenvalue weighted by Gasteiger charge is 2.20. The predicted octanol–water partition coefficient (Wildman–Crippen LogP) is 2.03. The van der Waals surface area contributed by atoms with Crippen LogP contribution in [0.1, 0.15) is 37.2 Å². The van der Waals surface area contributed by atoms with Crippen LogP contribution in [0.4, 0.5) is 0 Å². The molecule has 1 unspecified atom stereocenters. The largest absolute Gasteiger partial charge is 0.292 e. The summed E-state index contributed by atoms with van der Waals surface area (Å²) < 4.78 is 1.67. The van der Waals surface area contributed by atoms with Crippen molar-refractivity contribution in [3.8, 4) is 6.07 Å². The molecule has 1 heterocycles. The highest BCUT2D eigenvalue weighted by Crippen LogP contribution is 2.15. The van der Waals surface area contributed by atoms with E-state index in [2.05, 4.69) is 5.10 Å². The number of hydrogen-bond donors (Lipinski definition) is 0. The topological polar surface area (TPSA) is 58.7 Å². The van der Waals surface area contributed by atoms with Crippen molar-refractivity contribution in [1.82, 2.24) is 9.78 Å². The van der Waals surface area contributed by atoms with E-state index in [4.69, 9.17) is 5.26 Å². The molecule has 0 amide bonds. The number of hydrogen-bond acceptors (Lipinski definition) is 3. The Kier molecular flexibility index (Phi) is 4.04. The van der Waals surface area contributed by atoms with Crippen molar-refractivity contribution in [1.29, 1.82) is 5.26 Å². The number of ketones is 1. The Morgan fingerprint density at radius 2 is 2.40 bits per heavy atom. The Balaban J connectivity index is 2.88. The third-order valence-corrected chi connectivity index (χ3v) is 2.47. The van der Waals surface area contributed by atoms with Gasteiger partial charge in [-0.15, -0.1) is 0 Å². The van der Waals surface area contributed by atoms with Crippen molar-refractivity contribution in [2.45, 2.75) is 33.2 Å². The molecule has 4 nitrogen and oxygen atoms in total. The molecule has 1 atom stereocenters. The fourth-order valence-electron chi connectivity index (χ4n) is 1.54. The number of nitrogens with zero attached hydrogens (tertiary/aromatic N) is 3. The van der Waals surface area contributed by atoms with Crippen molar-refractivity contribution in [3.63, 3.8) is 0 Å². The van der Waals surface area contributed by atoms with Crippen LogP contribution in [-0.4, -0.2) is 15.6 Å². The molecule has 80 valence electrons. The maximum Gasteiger partial charge on any atom is 0.184 e. The monoisotopic (exact) mass is 205 g/mol. The van der Waals surface area contributed by atoms with Crippen molar-refractivity contribution in [2.24, 2.45) is 5.92 Å². The number of carbonyl (C=O) groups is 1.